The molecule has 2 unspecified atom stereocenters. The molecule has 0 amide bonds. The fraction of sp³-hybridized carbons (Fsp3) is 0.333. The van der Waals surface area contributed by atoms with Crippen LogP contribution in [0.4, 0.5) is 13.2 Å². The Labute approximate surface area is 123 Å². The van der Waals surface area contributed by atoms with Crippen LogP contribution in [0.2, 0.25) is 0 Å². The van der Waals surface area contributed by atoms with Gasteiger partial charge in [0.1, 0.15) is 0 Å². The Bertz CT molecular complexity index is 679. The average Bonchev–Trinajstić information content (AvgIpc) is 2.86. The summed E-state index contributed by atoms with van der Waals surface area (Å²) in [6.07, 6.45) is -4.67. The molecule has 0 saturated heterocycles. The molecule has 1 aromatic carbocycles. The number of alkyl halides is 3. The second-order valence-corrected chi connectivity index (χ2v) is 9.15. The first-order valence-corrected chi connectivity index (χ1v) is 9.00. The van der Waals surface area contributed by atoms with Crippen LogP contribution >= 0.6 is 17.7 Å². The van der Waals surface area contributed by atoms with Crippen molar-refractivity contribution in [3.63, 3.8) is 0 Å². The number of rotatable bonds is 3. The number of hydrogen-bond donors (Lipinski definition) is 0. The lowest BCUT2D eigenvalue weighted by Crippen LogP contribution is -2.04. The van der Waals surface area contributed by atoms with E-state index in [1.165, 1.54) is 18.8 Å². The van der Waals surface area contributed by atoms with E-state index in [0.29, 0.717) is 5.56 Å². The molecule has 2 aromatic rings. The first kappa shape index (κ1) is 16.0. The van der Waals surface area contributed by atoms with E-state index in [-0.39, 0.29) is 11.5 Å². The van der Waals surface area contributed by atoms with E-state index in [1.807, 2.05) is 0 Å². The second-order valence-electron chi connectivity index (χ2n) is 4.60. The minimum absolute atomic E-state index is 0.160. The monoisotopic (exact) mass is 338 g/mol. The predicted molar refractivity (Wildman–Crippen MR) is 72.5 cm³/mol. The van der Waals surface area contributed by atoms with Gasteiger partial charge in [-0.25, -0.2) is 0 Å². The van der Waals surface area contributed by atoms with E-state index >= 15 is 0 Å². The predicted octanol–water partition coefficient (Wildman–Crippen LogP) is 4.96. The molecule has 0 radical (unpaired) electrons. The molecule has 0 fully saturated rings. The Hall–Kier alpha value is -1.33. The highest BCUT2D eigenvalue weighted by Gasteiger charge is 2.38. The van der Waals surface area contributed by atoms with Gasteiger partial charge in [-0.2, -0.15) is 18.2 Å². The smallest absolute Gasteiger partial charge is 0.329 e. The highest BCUT2D eigenvalue weighted by molar-refractivity contribution is 7.88. The van der Waals surface area contributed by atoms with Gasteiger partial charge in [0.05, 0.1) is 0 Å². The van der Waals surface area contributed by atoms with Gasteiger partial charge in [0, 0.05) is 17.9 Å². The number of hydrogen-bond acceptors (Lipinski definition) is 4. The summed E-state index contributed by atoms with van der Waals surface area (Å²) in [7, 11) is 0. The molecule has 2 atom stereocenters. The lowest BCUT2D eigenvalue weighted by Gasteiger charge is -2.14. The van der Waals surface area contributed by atoms with Crippen molar-refractivity contribution in [1.29, 1.82) is 0 Å². The largest absolute Gasteiger partial charge is 0.471 e. The SMILES string of the molecule is CC(c1ccc(-c2noc(C(F)(F)F)n2)cc1)P(C)(=O)Cl. The van der Waals surface area contributed by atoms with Crippen molar-refractivity contribution in [3.05, 3.63) is 35.7 Å². The lowest BCUT2D eigenvalue weighted by molar-refractivity contribution is -0.159. The molecule has 9 heteroatoms. The van der Waals surface area contributed by atoms with Crippen molar-refractivity contribution in [2.45, 2.75) is 18.8 Å². The zero-order chi connectivity index (χ0) is 15.8. The maximum absolute atomic E-state index is 12.4. The second kappa shape index (κ2) is 5.46. The van der Waals surface area contributed by atoms with Gasteiger partial charge in [0.15, 0.2) is 6.49 Å². The van der Waals surface area contributed by atoms with Crippen molar-refractivity contribution in [2.24, 2.45) is 0 Å². The van der Waals surface area contributed by atoms with E-state index in [0.717, 1.165) is 5.56 Å². The molecule has 0 spiro atoms. The summed E-state index contributed by atoms with van der Waals surface area (Å²) in [5.41, 5.74) is 0.731. The fourth-order valence-electron chi connectivity index (χ4n) is 1.63. The van der Waals surface area contributed by atoms with E-state index in [1.54, 1.807) is 19.1 Å². The van der Waals surface area contributed by atoms with Crippen molar-refractivity contribution in [3.8, 4) is 11.4 Å². The molecule has 0 bridgehead atoms. The molecule has 114 valence electrons. The third kappa shape index (κ3) is 3.66. The molecular weight excluding hydrogens is 328 g/mol. The van der Waals surface area contributed by atoms with Crippen molar-refractivity contribution >= 4 is 17.7 Å². The average molecular weight is 339 g/mol. The van der Waals surface area contributed by atoms with E-state index < -0.39 is 18.6 Å². The van der Waals surface area contributed by atoms with Crippen LogP contribution in [-0.2, 0) is 10.7 Å². The molecule has 0 saturated carbocycles. The van der Waals surface area contributed by atoms with E-state index in [9.17, 15) is 17.7 Å². The summed E-state index contributed by atoms with van der Waals surface area (Å²) in [6, 6.07) is 6.32. The molecule has 0 N–H and O–H groups in total. The number of nitrogens with zero attached hydrogens (tertiary/aromatic N) is 2. The molecule has 2 rings (SSSR count). The Morgan fingerprint density at radius 1 is 1.29 bits per heavy atom. The van der Waals surface area contributed by atoms with Gasteiger partial charge in [-0.05, 0) is 5.56 Å². The quantitative estimate of drug-likeness (QED) is 0.742. The molecule has 4 nitrogen and oxygen atoms in total. The first-order valence-electron chi connectivity index (χ1n) is 5.87. The third-order valence-corrected chi connectivity index (χ3v) is 5.57. The Morgan fingerprint density at radius 2 is 1.86 bits per heavy atom. The molecule has 1 aromatic heterocycles. The fourth-order valence-corrected chi connectivity index (χ4v) is 2.68. The molecular formula is C12H11ClF3N2O2P. The van der Waals surface area contributed by atoms with E-state index in [4.69, 9.17) is 11.2 Å². The maximum Gasteiger partial charge on any atom is 0.471 e. The Morgan fingerprint density at radius 3 is 2.29 bits per heavy atom. The van der Waals surface area contributed by atoms with Crippen LogP contribution in [0.3, 0.4) is 0 Å². The summed E-state index contributed by atoms with van der Waals surface area (Å²) in [4.78, 5) is 3.29. The minimum atomic E-state index is -4.67. The van der Waals surface area contributed by atoms with Crippen LogP contribution < -0.4 is 0 Å². The summed E-state index contributed by atoms with van der Waals surface area (Å²) in [6.45, 7) is 0.371. The molecule has 0 aliphatic carbocycles. The van der Waals surface area contributed by atoms with Gasteiger partial charge < -0.3 is 9.09 Å². The Kier molecular flexibility index (Phi) is 4.17. The minimum Gasteiger partial charge on any atom is -0.329 e. The van der Waals surface area contributed by atoms with Crippen LogP contribution in [0.5, 0.6) is 0 Å². The van der Waals surface area contributed by atoms with Gasteiger partial charge in [0.25, 0.3) is 0 Å². The number of aromatic nitrogens is 2. The van der Waals surface area contributed by atoms with Crippen molar-refractivity contribution < 1.29 is 22.3 Å². The van der Waals surface area contributed by atoms with Crippen molar-refractivity contribution in [1.82, 2.24) is 10.1 Å². The highest BCUT2D eigenvalue weighted by atomic mass is 35.7. The first-order chi connectivity index (χ1) is 9.59. The molecule has 21 heavy (non-hydrogen) atoms. The van der Waals surface area contributed by atoms with Crippen LogP contribution in [0.25, 0.3) is 11.4 Å². The molecule has 0 aliphatic rings. The van der Waals surface area contributed by atoms with Crippen LogP contribution in [0.15, 0.2) is 28.8 Å². The maximum atomic E-state index is 12.4. The van der Waals surface area contributed by atoms with Crippen molar-refractivity contribution in [2.75, 3.05) is 6.66 Å². The van der Waals surface area contributed by atoms with Crippen LogP contribution in [0.1, 0.15) is 24.0 Å². The van der Waals surface area contributed by atoms with Crippen LogP contribution in [-0.4, -0.2) is 16.8 Å². The number of halogens is 4. The van der Waals surface area contributed by atoms with Gasteiger partial charge in [0.2, 0.25) is 5.82 Å². The molecule has 1 heterocycles. The van der Waals surface area contributed by atoms with Gasteiger partial charge in [-0.3, -0.25) is 0 Å². The third-order valence-electron chi connectivity index (χ3n) is 3.01. The summed E-state index contributed by atoms with van der Waals surface area (Å²) < 4.78 is 53.1. The Balaban J connectivity index is 2.27. The standard InChI is InChI=1S/C12H11ClF3N2O2P/c1-7(21(2,13)19)8-3-5-9(6-4-8)10-17-11(20-18-10)12(14,15)16/h3-7H,1-2H3. The zero-order valence-corrected chi connectivity index (χ0v) is 12.7. The van der Waals surface area contributed by atoms with Crippen LogP contribution in [0, 0.1) is 0 Å². The molecule has 0 aliphatic heterocycles. The normalized spacial score (nSPS) is 16.5. The van der Waals surface area contributed by atoms with E-state index in [2.05, 4.69) is 14.7 Å². The van der Waals surface area contributed by atoms with Gasteiger partial charge in [-0.15, -0.1) is 0 Å². The summed E-state index contributed by atoms with van der Waals surface area (Å²) in [5.74, 6) is -1.55. The number of benzene rings is 1. The lowest BCUT2D eigenvalue weighted by atomic mass is 10.1. The summed E-state index contributed by atoms with van der Waals surface area (Å²) in [5, 5.41) is 3.29. The van der Waals surface area contributed by atoms with Gasteiger partial charge >= 0.3 is 12.1 Å². The zero-order valence-electron chi connectivity index (χ0n) is 11.1. The van der Waals surface area contributed by atoms with Gasteiger partial charge in [-0.1, -0.05) is 47.6 Å². The summed E-state index contributed by atoms with van der Waals surface area (Å²) >= 11 is 5.82. The highest BCUT2D eigenvalue weighted by Crippen LogP contribution is 2.60. The topological polar surface area (TPSA) is 56.0 Å².